The van der Waals surface area contributed by atoms with Gasteiger partial charge in [-0.1, -0.05) is 13.0 Å². The molecule has 0 amide bonds. The lowest BCUT2D eigenvalue weighted by Gasteiger charge is -1.99. The third-order valence-corrected chi connectivity index (χ3v) is 1.40. The van der Waals surface area contributed by atoms with Crippen molar-refractivity contribution in [1.29, 1.82) is 5.41 Å². The Labute approximate surface area is 62.2 Å². The summed E-state index contributed by atoms with van der Waals surface area (Å²) < 4.78 is 0. The van der Waals surface area contributed by atoms with Gasteiger partial charge < -0.3 is 5.41 Å². The molecule has 0 rings (SSSR count). The molecule has 0 spiro atoms. The minimum atomic E-state index is 0.894. The molecule has 2 nitrogen and oxygen atoms in total. The van der Waals surface area contributed by atoms with Gasteiger partial charge in [-0.25, -0.2) is 0 Å². The fourth-order valence-corrected chi connectivity index (χ4v) is 0.825. The molecule has 0 radical (unpaired) electrons. The first-order valence-electron chi connectivity index (χ1n) is 3.42. The second kappa shape index (κ2) is 4.91. The monoisotopic (exact) mass is 138 g/mol. The van der Waals surface area contributed by atoms with Gasteiger partial charge in [-0.3, -0.25) is 4.99 Å². The highest BCUT2D eigenvalue weighted by Gasteiger charge is 1.97. The Balaban J connectivity index is 4.42. The van der Waals surface area contributed by atoms with Gasteiger partial charge in [-0.15, -0.1) is 0 Å². The Morgan fingerprint density at radius 3 is 2.30 bits per heavy atom. The van der Waals surface area contributed by atoms with Gasteiger partial charge in [0.05, 0.1) is 0 Å². The highest BCUT2D eigenvalue weighted by molar-refractivity contribution is 6.15. The quantitative estimate of drug-likeness (QED) is 0.579. The first-order chi connectivity index (χ1) is 4.79. The van der Waals surface area contributed by atoms with Crippen LogP contribution >= 0.6 is 0 Å². The first kappa shape index (κ1) is 9.08. The molecule has 2 heteroatoms. The molecule has 0 heterocycles. The number of hydrogen-bond acceptors (Lipinski definition) is 2. The average molecular weight is 138 g/mol. The Morgan fingerprint density at radius 2 is 2.20 bits per heavy atom. The van der Waals surface area contributed by atoms with E-state index in [0.717, 1.165) is 17.7 Å². The van der Waals surface area contributed by atoms with Gasteiger partial charge in [-0.2, -0.15) is 0 Å². The number of rotatable bonds is 3. The molecule has 10 heavy (non-hydrogen) atoms. The zero-order valence-electron chi connectivity index (χ0n) is 6.81. The van der Waals surface area contributed by atoms with Crippen LogP contribution in [0, 0.1) is 5.41 Å². The second-order valence-electron chi connectivity index (χ2n) is 1.91. The Morgan fingerprint density at radius 1 is 1.60 bits per heavy atom. The summed E-state index contributed by atoms with van der Waals surface area (Å²) >= 11 is 0. The van der Waals surface area contributed by atoms with Crippen molar-refractivity contribution >= 4 is 11.9 Å². The molecular formula is C8H14N2. The smallest absolute Gasteiger partial charge is 0.0426 e. The Hall–Kier alpha value is -0.920. The van der Waals surface area contributed by atoms with E-state index in [1.165, 1.54) is 6.21 Å². The van der Waals surface area contributed by atoms with Crippen LogP contribution < -0.4 is 0 Å². The molecule has 0 fully saturated rings. The lowest BCUT2D eigenvalue weighted by Crippen LogP contribution is -2.01. The third kappa shape index (κ3) is 2.13. The van der Waals surface area contributed by atoms with Gasteiger partial charge in [0, 0.05) is 24.5 Å². The molecule has 1 N–H and O–H groups in total. The van der Waals surface area contributed by atoms with Gasteiger partial charge in [-0.05, 0) is 13.3 Å². The number of aliphatic imine (C=N–C) groups is 1. The zero-order valence-corrected chi connectivity index (χ0v) is 6.81. The fourth-order valence-electron chi connectivity index (χ4n) is 0.825. The normalized spacial score (nSPS) is 13.5. The van der Waals surface area contributed by atoms with Crippen LogP contribution in [0.5, 0.6) is 0 Å². The molecule has 0 saturated carbocycles. The lowest BCUT2D eigenvalue weighted by molar-refractivity contribution is 1.25. The van der Waals surface area contributed by atoms with Crippen molar-refractivity contribution in [3.8, 4) is 0 Å². The van der Waals surface area contributed by atoms with Crippen molar-refractivity contribution in [1.82, 2.24) is 0 Å². The molecule has 0 aliphatic carbocycles. The van der Waals surface area contributed by atoms with E-state index in [1.54, 1.807) is 7.05 Å². The summed E-state index contributed by atoms with van der Waals surface area (Å²) in [5.41, 5.74) is 1.92. The predicted molar refractivity (Wildman–Crippen MR) is 46.2 cm³/mol. The van der Waals surface area contributed by atoms with E-state index in [4.69, 9.17) is 5.41 Å². The SMILES string of the molecule is C/C=C(/C=N)C(CC)=NC. The van der Waals surface area contributed by atoms with Crippen molar-refractivity contribution in [2.24, 2.45) is 4.99 Å². The number of nitrogens with zero attached hydrogens (tertiary/aromatic N) is 1. The Kier molecular flexibility index (Phi) is 4.46. The van der Waals surface area contributed by atoms with E-state index < -0.39 is 0 Å². The van der Waals surface area contributed by atoms with Crippen molar-refractivity contribution in [2.45, 2.75) is 20.3 Å². The van der Waals surface area contributed by atoms with Crippen LogP contribution in [0.25, 0.3) is 0 Å². The molecule has 0 aromatic heterocycles. The maximum absolute atomic E-state index is 7.02. The molecule has 0 saturated heterocycles. The zero-order chi connectivity index (χ0) is 7.98. The Bertz CT molecular complexity index is 166. The summed E-state index contributed by atoms with van der Waals surface area (Å²) in [7, 11) is 1.76. The van der Waals surface area contributed by atoms with Crippen molar-refractivity contribution < 1.29 is 0 Å². The average Bonchev–Trinajstić information content (AvgIpc) is 2.00. The van der Waals surface area contributed by atoms with Crippen LogP contribution in [-0.2, 0) is 0 Å². The molecule has 0 bridgehead atoms. The summed E-state index contributed by atoms with van der Waals surface area (Å²) in [6, 6.07) is 0. The maximum Gasteiger partial charge on any atom is 0.0426 e. The molecule has 0 aromatic rings. The van der Waals surface area contributed by atoms with Gasteiger partial charge >= 0.3 is 0 Å². The van der Waals surface area contributed by atoms with Crippen molar-refractivity contribution in [3.05, 3.63) is 11.6 Å². The molecule has 0 aliphatic heterocycles. The second-order valence-corrected chi connectivity index (χ2v) is 1.91. The van der Waals surface area contributed by atoms with Crippen LogP contribution in [0.3, 0.4) is 0 Å². The van der Waals surface area contributed by atoms with Crippen LogP contribution in [-0.4, -0.2) is 19.0 Å². The number of nitrogens with one attached hydrogen (secondary N) is 1. The van der Waals surface area contributed by atoms with E-state index in [2.05, 4.69) is 4.99 Å². The maximum atomic E-state index is 7.02. The summed E-state index contributed by atoms with van der Waals surface area (Å²) in [5.74, 6) is 0. The number of allylic oxidation sites excluding steroid dienone is 2. The van der Waals surface area contributed by atoms with Crippen molar-refractivity contribution in [2.75, 3.05) is 7.05 Å². The lowest BCUT2D eigenvalue weighted by atomic mass is 10.1. The van der Waals surface area contributed by atoms with E-state index in [-0.39, 0.29) is 0 Å². The number of hydrogen-bond donors (Lipinski definition) is 1. The predicted octanol–water partition coefficient (Wildman–Crippen LogP) is 2.06. The largest absolute Gasteiger partial charge is 0.308 e. The van der Waals surface area contributed by atoms with Crippen LogP contribution in [0.15, 0.2) is 16.6 Å². The highest BCUT2D eigenvalue weighted by atomic mass is 14.7. The van der Waals surface area contributed by atoms with E-state index >= 15 is 0 Å². The van der Waals surface area contributed by atoms with Crippen LogP contribution in [0.1, 0.15) is 20.3 Å². The molecule has 0 atom stereocenters. The minimum Gasteiger partial charge on any atom is -0.308 e. The summed E-state index contributed by atoms with van der Waals surface area (Å²) in [4.78, 5) is 4.05. The van der Waals surface area contributed by atoms with E-state index in [0.29, 0.717) is 0 Å². The molecule has 0 unspecified atom stereocenters. The summed E-state index contributed by atoms with van der Waals surface area (Å²) in [6.45, 7) is 3.95. The highest BCUT2D eigenvalue weighted by Crippen LogP contribution is 1.98. The molecular weight excluding hydrogens is 124 g/mol. The first-order valence-corrected chi connectivity index (χ1v) is 3.42. The van der Waals surface area contributed by atoms with Crippen molar-refractivity contribution in [3.63, 3.8) is 0 Å². The molecule has 56 valence electrons. The molecule has 0 aromatic carbocycles. The van der Waals surface area contributed by atoms with Gasteiger partial charge in [0.2, 0.25) is 0 Å². The van der Waals surface area contributed by atoms with E-state index in [9.17, 15) is 0 Å². The van der Waals surface area contributed by atoms with Gasteiger partial charge in [0.15, 0.2) is 0 Å². The van der Waals surface area contributed by atoms with E-state index in [1.807, 2.05) is 19.9 Å². The minimum absolute atomic E-state index is 0.894. The van der Waals surface area contributed by atoms with Gasteiger partial charge in [0.25, 0.3) is 0 Å². The van der Waals surface area contributed by atoms with Crippen LogP contribution in [0.4, 0.5) is 0 Å². The third-order valence-electron chi connectivity index (χ3n) is 1.40. The topological polar surface area (TPSA) is 36.2 Å². The fraction of sp³-hybridized carbons (Fsp3) is 0.500. The summed E-state index contributed by atoms with van der Waals surface area (Å²) in [6.07, 6.45) is 4.14. The van der Waals surface area contributed by atoms with Crippen LogP contribution in [0.2, 0.25) is 0 Å². The molecule has 0 aliphatic rings. The standard InChI is InChI=1S/C8H14N2/c1-4-7(6-9)8(5-2)10-3/h4,6,9H,5H2,1-3H3/b7-4-,9-6?,10-8?. The van der Waals surface area contributed by atoms with Gasteiger partial charge in [0.1, 0.15) is 0 Å². The summed E-state index contributed by atoms with van der Waals surface area (Å²) in [5, 5.41) is 7.02.